The first-order valence-electron chi connectivity index (χ1n) is 6.82. The fraction of sp³-hybridized carbons (Fsp3) is 0.929. The molecule has 2 heteroatoms. The van der Waals surface area contributed by atoms with Crippen molar-refractivity contribution in [3.05, 3.63) is 0 Å². The van der Waals surface area contributed by atoms with E-state index in [0.29, 0.717) is 0 Å². The highest BCUT2D eigenvalue weighted by Crippen LogP contribution is 2.38. The Morgan fingerprint density at radius 1 is 1.12 bits per heavy atom. The molecule has 0 spiro atoms. The second-order valence-electron chi connectivity index (χ2n) is 6.16. The van der Waals surface area contributed by atoms with Crippen LogP contribution in [-0.2, 0) is 4.84 Å². The van der Waals surface area contributed by atoms with Gasteiger partial charge < -0.3 is 4.84 Å². The SMILES string of the molecule is CC1CCC(=NOC(C)(C)C2CCC2)CC1. The van der Waals surface area contributed by atoms with Crippen LogP contribution in [0.3, 0.4) is 0 Å². The van der Waals surface area contributed by atoms with E-state index in [0.717, 1.165) is 24.7 Å². The lowest BCUT2D eigenvalue weighted by molar-refractivity contribution is -0.0822. The maximum atomic E-state index is 5.80. The highest BCUT2D eigenvalue weighted by Gasteiger charge is 2.36. The number of hydrogen-bond donors (Lipinski definition) is 0. The molecule has 0 saturated heterocycles. The lowest BCUT2D eigenvalue weighted by Crippen LogP contribution is -2.37. The number of oxime groups is 1. The van der Waals surface area contributed by atoms with Gasteiger partial charge in [-0.2, -0.15) is 0 Å². The summed E-state index contributed by atoms with van der Waals surface area (Å²) < 4.78 is 0. The van der Waals surface area contributed by atoms with Gasteiger partial charge >= 0.3 is 0 Å². The molecule has 0 aromatic heterocycles. The van der Waals surface area contributed by atoms with Crippen LogP contribution >= 0.6 is 0 Å². The van der Waals surface area contributed by atoms with Crippen LogP contribution in [0.25, 0.3) is 0 Å². The van der Waals surface area contributed by atoms with E-state index in [2.05, 4.69) is 25.9 Å². The Morgan fingerprint density at radius 3 is 2.25 bits per heavy atom. The predicted molar refractivity (Wildman–Crippen MR) is 67.6 cm³/mol. The summed E-state index contributed by atoms with van der Waals surface area (Å²) in [6.45, 7) is 6.70. The molecule has 2 fully saturated rings. The van der Waals surface area contributed by atoms with Gasteiger partial charge in [-0.15, -0.1) is 0 Å². The fourth-order valence-corrected chi connectivity index (χ4v) is 2.55. The summed E-state index contributed by atoms with van der Waals surface area (Å²) in [6.07, 6.45) is 8.84. The Balaban J connectivity index is 1.83. The molecule has 0 heterocycles. The van der Waals surface area contributed by atoms with E-state index >= 15 is 0 Å². The Bertz CT molecular complexity index is 256. The van der Waals surface area contributed by atoms with Crippen molar-refractivity contribution in [2.75, 3.05) is 0 Å². The zero-order valence-electron chi connectivity index (χ0n) is 11.0. The van der Waals surface area contributed by atoms with Crippen LogP contribution in [0.4, 0.5) is 0 Å². The second-order valence-corrected chi connectivity index (χ2v) is 6.16. The van der Waals surface area contributed by atoms with Gasteiger partial charge in [0.1, 0.15) is 5.60 Å². The largest absolute Gasteiger partial charge is 0.390 e. The first kappa shape index (κ1) is 11.9. The summed E-state index contributed by atoms with van der Waals surface area (Å²) in [5.74, 6) is 1.60. The molecular weight excluding hydrogens is 198 g/mol. The van der Waals surface area contributed by atoms with Crippen molar-refractivity contribution < 1.29 is 4.84 Å². The van der Waals surface area contributed by atoms with Gasteiger partial charge in [0.05, 0.1) is 5.71 Å². The molecule has 2 saturated carbocycles. The minimum Gasteiger partial charge on any atom is -0.390 e. The Labute approximate surface area is 99.4 Å². The molecule has 0 atom stereocenters. The number of hydrogen-bond acceptors (Lipinski definition) is 2. The molecule has 0 aromatic rings. The van der Waals surface area contributed by atoms with Crippen LogP contribution in [0.1, 0.15) is 65.7 Å². The lowest BCUT2D eigenvalue weighted by atomic mass is 9.75. The third kappa shape index (κ3) is 2.78. The molecule has 0 bridgehead atoms. The quantitative estimate of drug-likeness (QED) is 0.659. The van der Waals surface area contributed by atoms with Crippen LogP contribution in [0.2, 0.25) is 0 Å². The highest BCUT2D eigenvalue weighted by molar-refractivity contribution is 5.84. The second kappa shape index (κ2) is 4.77. The van der Waals surface area contributed by atoms with Gasteiger partial charge in [-0.25, -0.2) is 0 Å². The average molecular weight is 223 g/mol. The van der Waals surface area contributed by atoms with Crippen LogP contribution in [0.5, 0.6) is 0 Å². The number of rotatable bonds is 3. The third-order valence-electron chi connectivity index (χ3n) is 4.35. The smallest absolute Gasteiger partial charge is 0.135 e. The van der Waals surface area contributed by atoms with Crippen LogP contribution in [-0.4, -0.2) is 11.3 Å². The molecular formula is C14H25NO. The molecule has 2 aliphatic carbocycles. The van der Waals surface area contributed by atoms with E-state index < -0.39 is 0 Å². The lowest BCUT2D eigenvalue weighted by Gasteiger charge is -2.38. The van der Waals surface area contributed by atoms with Gasteiger partial charge in [0, 0.05) is 5.92 Å². The summed E-state index contributed by atoms with van der Waals surface area (Å²) in [5.41, 5.74) is 1.24. The summed E-state index contributed by atoms with van der Waals surface area (Å²) in [7, 11) is 0. The zero-order valence-corrected chi connectivity index (χ0v) is 11.0. The Morgan fingerprint density at radius 2 is 1.75 bits per heavy atom. The van der Waals surface area contributed by atoms with E-state index in [1.165, 1.54) is 37.8 Å². The standard InChI is InChI=1S/C14H25NO/c1-11-7-9-13(10-8-11)15-16-14(2,3)12-5-4-6-12/h11-12H,4-10H2,1-3H3. The molecule has 0 radical (unpaired) electrons. The molecule has 2 nitrogen and oxygen atoms in total. The third-order valence-corrected chi connectivity index (χ3v) is 4.35. The molecule has 16 heavy (non-hydrogen) atoms. The Hall–Kier alpha value is -0.530. The van der Waals surface area contributed by atoms with E-state index in [-0.39, 0.29) is 5.60 Å². The molecule has 2 aliphatic rings. The molecule has 0 amide bonds. The summed E-state index contributed by atoms with van der Waals surface area (Å²) in [5, 5.41) is 4.41. The van der Waals surface area contributed by atoms with E-state index in [1.807, 2.05) is 0 Å². The molecule has 2 rings (SSSR count). The molecule has 0 aliphatic heterocycles. The van der Waals surface area contributed by atoms with Crippen molar-refractivity contribution in [2.24, 2.45) is 17.0 Å². The minimum absolute atomic E-state index is 0.0473. The fourth-order valence-electron chi connectivity index (χ4n) is 2.55. The number of nitrogens with zero attached hydrogens (tertiary/aromatic N) is 1. The van der Waals surface area contributed by atoms with E-state index in [4.69, 9.17) is 4.84 Å². The maximum absolute atomic E-state index is 5.80. The van der Waals surface area contributed by atoms with Crippen LogP contribution in [0, 0.1) is 11.8 Å². The summed E-state index contributed by atoms with van der Waals surface area (Å²) in [6, 6.07) is 0. The van der Waals surface area contributed by atoms with Crippen molar-refractivity contribution in [2.45, 2.75) is 71.3 Å². The molecule has 92 valence electrons. The normalized spacial score (nSPS) is 27.4. The first-order chi connectivity index (χ1) is 7.58. The van der Waals surface area contributed by atoms with Crippen molar-refractivity contribution >= 4 is 5.71 Å². The molecule has 0 unspecified atom stereocenters. The van der Waals surface area contributed by atoms with Crippen molar-refractivity contribution in [3.63, 3.8) is 0 Å². The topological polar surface area (TPSA) is 21.6 Å². The average Bonchev–Trinajstić information content (AvgIpc) is 2.13. The van der Waals surface area contributed by atoms with Crippen molar-refractivity contribution in [1.82, 2.24) is 0 Å². The Kier molecular flexibility index (Phi) is 3.56. The van der Waals surface area contributed by atoms with Gasteiger partial charge in [-0.1, -0.05) is 18.5 Å². The predicted octanol–water partition coefficient (Wildman–Crippen LogP) is 4.15. The zero-order chi connectivity index (χ0) is 11.6. The summed E-state index contributed by atoms with van der Waals surface area (Å²) in [4.78, 5) is 5.80. The van der Waals surface area contributed by atoms with Crippen LogP contribution < -0.4 is 0 Å². The highest BCUT2D eigenvalue weighted by atomic mass is 16.6. The van der Waals surface area contributed by atoms with Crippen molar-refractivity contribution in [1.29, 1.82) is 0 Å². The maximum Gasteiger partial charge on any atom is 0.135 e. The van der Waals surface area contributed by atoms with E-state index in [1.54, 1.807) is 0 Å². The first-order valence-corrected chi connectivity index (χ1v) is 6.82. The van der Waals surface area contributed by atoms with Gasteiger partial charge in [0.15, 0.2) is 0 Å². The van der Waals surface area contributed by atoms with Gasteiger partial charge in [-0.05, 0) is 58.3 Å². The van der Waals surface area contributed by atoms with Gasteiger partial charge in [0.2, 0.25) is 0 Å². The van der Waals surface area contributed by atoms with E-state index in [9.17, 15) is 0 Å². The minimum atomic E-state index is -0.0473. The molecule has 0 aromatic carbocycles. The van der Waals surface area contributed by atoms with Crippen molar-refractivity contribution in [3.8, 4) is 0 Å². The molecule has 0 N–H and O–H groups in total. The van der Waals surface area contributed by atoms with Gasteiger partial charge in [-0.3, -0.25) is 0 Å². The van der Waals surface area contributed by atoms with Crippen LogP contribution in [0.15, 0.2) is 5.16 Å². The summed E-state index contributed by atoms with van der Waals surface area (Å²) >= 11 is 0. The van der Waals surface area contributed by atoms with Gasteiger partial charge in [0.25, 0.3) is 0 Å². The monoisotopic (exact) mass is 223 g/mol.